The molecule has 0 aromatic carbocycles. The number of amides is 1. The van der Waals surface area contributed by atoms with Crippen LogP contribution in [0.5, 0.6) is 0 Å². The van der Waals surface area contributed by atoms with Gasteiger partial charge in [-0.15, -0.1) is 0 Å². The molecule has 96 heavy (non-hydrogen) atoms. The Morgan fingerprint density at radius 2 is 0.729 bits per heavy atom. The lowest BCUT2D eigenvalue weighted by Gasteiger charge is -2.46. The predicted molar refractivity (Wildman–Crippen MR) is 396 cm³/mol. The van der Waals surface area contributed by atoms with Crippen LogP contribution in [0.2, 0.25) is 0 Å². The van der Waals surface area contributed by atoms with Crippen LogP contribution < -0.4 is 5.32 Å². The monoisotopic (exact) mass is 1350 g/mol. The molecule has 2 rings (SSSR count). The van der Waals surface area contributed by atoms with Crippen LogP contribution in [0.15, 0.2) is 85.1 Å². The van der Waals surface area contributed by atoms with Gasteiger partial charge in [-0.1, -0.05) is 330 Å². The zero-order valence-electron chi connectivity index (χ0n) is 61.1. The summed E-state index contributed by atoms with van der Waals surface area (Å²) < 4.78 is 22.9. The molecule has 12 atom stereocenters. The SMILES string of the molecule is CC/C=C\C/C=C\C/C=C\C/C=C\CCCCCCCCCCCCCCCCCCCCCCCCCCCCCCC(=O)NC(COC1OC(CO)C(OC2OC(CO)C(O)C(O)C2O)C(O)C1O)C(O)/C=C/CC/C=C/CC/C=C/CCCCCCCCCCCCC. The molecule has 14 heteroatoms. The van der Waals surface area contributed by atoms with Crippen molar-refractivity contribution in [3.63, 3.8) is 0 Å². The number of ether oxygens (including phenoxy) is 4. The molecular formula is C82H147NO13. The Kier molecular flexibility index (Phi) is 60.9. The van der Waals surface area contributed by atoms with Crippen LogP contribution >= 0.6 is 0 Å². The molecule has 0 aromatic rings. The van der Waals surface area contributed by atoms with E-state index in [1.165, 1.54) is 231 Å². The van der Waals surface area contributed by atoms with E-state index < -0.39 is 86.8 Å². The van der Waals surface area contributed by atoms with Crippen LogP contribution in [-0.2, 0) is 23.7 Å². The van der Waals surface area contributed by atoms with Crippen LogP contribution in [0.1, 0.15) is 335 Å². The van der Waals surface area contributed by atoms with E-state index in [0.29, 0.717) is 12.8 Å². The summed E-state index contributed by atoms with van der Waals surface area (Å²) in [5.41, 5.74) is 0. The number of rotatable bonds is 66. The number of unbranched alkanes of at least 4 members (excludes halogenated alkanes) is 41. The third-order valence-corrected chi connectivity index (χ3v) is 19.0. The maximum atomic E-state index is 13.4. The van der Waals surface area contributed by atoms with Gasteiger partial charge < -0.3 is 65.1 Å². The smallest absolute Gasteiger partial charge is 0.220 e. The van der Waals surface area contributed by atoms with Crippen molar-refractivity contribution >= 4 is 5.91 Å². The average Bonchev–Trinajstić information content (AvgIpc) is 0.807. The molecule has 12 unspecified atom stereocenters. The summed E-state index contributed by atoms with van der Waals surface area (Å²) in [6.07, 6.45) is 75.4. The molecule has 2 heterocycles. The molecule has 0 aliphatic carbocycles. The van der Waals surface area contributed by atoms with Crippen molar-refractivity contribution in [1.29, 1.82) is 0 Å². The van der Waals surface area contributed by atoms with Crippen molar-refractivity contribution in [3.05, 3.63) is 85.1 Å². The minimum Gasteiger partial charge on any atom is -0.394 e. The number of hydrogen-bond donors (Lipinski definition) is 9. The van der Waals surface area contributed by atoms with E-state index in [4.69, 9.17) is 18.9 Å². The summed E-state index contributed by atoms with van der Waals surface area (Å²) >= 11 is 0. The Labute approximate surface area is 586 Å². The fourth-order valence-electron chi connectivity index (χ4n) is 12.8. The molecule has 2 fully saturated rings. The third kappa shape index (κ3) is 48.1. The molecule has 0 radical (unpaired) electrons. The third-order valence-electron chi connectivity index (χ3n) is 19.0. The highest BCUT2D eigenvalue weighted by molar-refractivity contribution is 5.76. The summed E-state index contributed by atoms with van der Waals surface area (Å²) in [6.45, 7) is 2.70. The Balaban J connectivity index is 1.57. The van der Waals surface area contributed by atoms with Gasteiger partial charge in [0, 0.05) is 6.42 Å². The van der Waals surface area contributed by atoms with Gasteiger partial charge in [0.05, 0.1) is 32.0 Å². The highest BCUT2D eigenvalue weighted by Gasteiger charge is 2.51. The maximum Gasteiger partial charge on any atom is 0.220 e. The summed E-state index contributed by atoms with van der Waals surface area (Å²) in [4.78, 5) is 13.4. The lowest BCUT2D eigenvalue weighted by atomic mass is 9.97. The predicted octanol–water partition coefficient (Wildman–Crippen LogP) is 17.9. The van der Waals surface area contributed by atoms with Crippen LogP contribution in [0.4, 0.5) is 0 Å². The summed E-state index contributed by atoms with van der Waals surface area (Å²) in [5.74, 6) is -0.248. The van der Waals surface area contributed by atoms with Gasteiger partial charge in [-0.25, -0.2) is 0 Å². The molecular weight excluding hydrogens is 1210 g/mol. The van der Waals surface area contributed by atoms with Gasteiger partial charge in [0.25, 0.3) is 0 Å². The number of carbonyl (C=O) groups is 1. The summed E-state index contributed by atoms with van der Waals surface area (Å²) in [7, 11) is 0. The first-order chi connectivity index (χ1) is 47.1. The molecule has 0 aromatic heterocycles. The summed E-state index contributed by atoms with van der Waals surface area (Å²) in [5, 5.41) is 87.5. The first kappa shape index (κ1) is 89.3. The second kappa shape index (κ2) is 65.5. The number of nitrogens with one attached hydrogen (secondary N) is 1. The van der Waals surface area contributed by atoms with Crippen molar-refractivity contribution in [2.24, 2.45) is 0 Å². The largest absolute Gasteiger partial charge is 0.394 e. The average molecular weight is 1360 g/mol. The highest BCUT2D eigenvalue weighted by Crippen LogP contribution is 2.30. The maximum absolute atomic E-state index is 13.4. The van der Waals surface area contributed by atoms with Crippen molar-refractivity contribution in [1.82, 2.24) is 5.32 Å². The zero-order chi connectivity index (χ0) is 69.4. The van der Waals surface area contributed by atoms with Gasteiger partial charge in [0.1, 0.15) is 48.8 Å². The molecule has 0 spiro atoms. The van der Waals surface area contributed by atoms with Crippen LogP contribution in [-0.4, -0.2) is 140 Å². The Morgan fingerprint density at radius 3 is 1.15 bits per heavy atom. The zero-order valence-corrected chi connectivity index (χ0v) is 61.1. The van der Waals surface area contributed by atoms with Gasteiger partial charge in [0.2, 0.25) is 5.91 Å². The molecule has 1 amide bonds. The number of hydrogen-bond acceptors (Lipinski definition) is 13. The number of aliphatic hydroxyl groups excluding tert-OH is 8. The van der Waals surface area contributed by atoms with E-state index in [1.54, 1.807) is 6.08 Å². The molecule has 9 N–H and O–H groups in total. The minimum absolute atomic E-state index is 0.248. The van der Waals surface area contributed by atoms with E-state index in [9.17, 15) is 45.6 Å². The van der Waals surface area contributed by atoms with Gasteiger partial charge in [-0.3, -0.25) is 4.79 Å². The van der Waals surface area contributed by atoms with Crippen molar-refractivity contribution in [3.8, 4) is 0 Å². The van der Waals surface area contributed by atoms with Crippen LogP contribution in [0.25, 0.3) is 0 Å². The Morgan fingerprint density at radius 1 is 0.385 bits per heavy atom. The van der Waals surface area contributed by atoms with Gasteiger partial charge in [-0.05, 0) is 83.5 Å². The molecule has 2 saturated heterocycles. The Hall–Kier alpha value is -2.83. The second-order valence-corrected chi connectivity index (χ2v) is 27.8. The van der Waals surface area contributed by atoms with Gasteiger partial charge in [0.15, 0.2) is 12.6 Å². The topological polar surface area (TPSA) is 228 Å². The normalized spacial score (nSPS) is 22.7. The van der Waals surface area contributed by atoms with Crippen molar-refractivity contribution in [2.45, 2.75) is 408 Å². The fourth-order valence-corrected chi connectivity index (χ4v) is 12.8. The molecule has 2 aliphatic heterocycles. The molecule has 2 aliphatic rings. The van der Waals surface area contributed by atoms with Crippen LogP contribution in [0.3, 0.4) is 0 Å². The summed E-state index contributed by atoms with van der Waals surface area (Å²) in [6, 6.07) is -0.940. The van der Waals surface area contributed by atoms with Gasteiger partial charge in [-0.2, -0.15) is 0 Å². The first-order valence-electron chi connectivity index (χ1n) is 39.8. The minimum atomic E-state index is -1.79. The second-order valence-electron chi connectivity index (χ2n) is 27.8. The van der Waals surface area contributed by atoms with E-state index in [2.05, 4.69) is 92.1 Å². The molecule has 14 nitrogen and oxygen atoms in total. The lowest BCUT2D eigenvalue weighted by molar-refractivity contribution is -0.359. The quantitative estimate of drug-likeness (QED) is 0.0204. The first-order valence-corrected chi connectivity index (χ1v) is 39.8. The van der Waals surface area contributed by atoms with E-state index in [1.807, 2.05) is 6.08 Å². The molecule has 0 saturated carbocycles. The van der Waals surface area contributed by atoms with E-state index in [0.717, 1.165) is 70.6 Å². The van der Waals surface area contributed by atoms with E-state index in [-0.39, 0.29) is 18.9 Å². The van der Waals surface area contributed by atoms with E-state index >= 15 is 0 Å². The number of carbonyl (C=O) groups excluding carboxylic acids is 1. The fraction of sp³-hybridized carbons (Fsp3) is 0.817. The number of allylic oxidation sites excluding steroid dienone is 13. The van der Waals surface area contributed by atoms with Crippen molar-refractivity contribution in [2.75, 3.05) is 19.8 Å². The Bertz CT molecular complexity index is 1940. The van der Waals surface area contributed by atoms with Gasteiger partial charge >= 0.3 is 0 Å². The lowest BCUT2D eigenvalue weighted by Crippen LogP contribution is -2.65. The molecule has 558 valence electrons. The number of aliphatic hydroxyl groups is 8. The van der Waals surface area contributed by atoms with Crippen molar-refractivity contribution < 1.29 is 64.6 Å². The molecule has 0 bridgehead atoms. The highest BCUT2D eigenvalue weighted by atomic mass is 16.7. The van der Waals surface area contributed by atoms with Crippen LogP contribution in [0, 0.1) is 0 Å². The standard InChI is InChI=1S/C82H147NO13/c1-3-5-7-9-11-13-15-17-19-21-23-25-26-27-28-29-30-31-32-33-34-35-36-37-38-39-40-41-42-43-44-46-48-50-52-54-56-58-60-62-64-66-74(87)83-70(71(86)65-63-61-59-57-55-53-51-49-47-45-24-22-20-18-16-14-12-10-8-6-4-2)69-93-81-79(92)77(90)80(73(68-85)95-81)96-82-78(91)76(89)75(88)72(67-84)94-82/h5,7,11,13,17,19,23,25,47,49,55,57,63,65,70-73,75-82,84-86,88-92H,3-4,6,8-10,12,14-16,18,20-22,24,26-46,48,50-54,56,58-62,64,66-69H2,1-2H3,(H,83,87)/b7-5-,13-11-,19-17-,25-23-,49-47+,57-55+,65-63+.